The van der Waals surface area contributed by atoms with Crippen molar-refractivity contribution in [2.24, 2.45) is 0 Å². The molecule has 0 spiro atoms. The van der Waals surface area contributed by atoms with Crippen LogP contribution in [-0.2, 0) is 14.8 Å². The van der Waals surface area contributed by atoms with Gasteiger partial charge in [-0.05, 0) is 44.0 Å². The summed E-state index contributed by atoms with van der Waals surface area (Å²) in [6.45, 7) is 2.82. The molecule has 0 saturated carbocycles. The Hall–Kier alpha value is -2.58. The number of sulfonamides is 1. The summed E-state index contributed by atoms with van der Waals surface area (Å²) in [6.07, 6.45) is 0.832. The molecule has 8 heteroatoms. The molecule has 1 N–H and O–H groups in total. The Labute approximate surface area is 170 Å². The fraction of sp³-hybridized carbons (Fsp3) is 0.381. The van der Waals surface area contributed by atoms with Crippen molar-refractivity contribution in [3.63, 3.8) is 0 Å². The van der Waals surface area contributed by atoms with Gasteiger partial charge in [0.2, 0.25) is 15.9 Å². The van der Waals surface area contributed by atoms with Crippen LogP contribution in [0.4, 0.5) is 0 Å². The van der Waals surface area contributed by atoms with Crippen LogP contribution in [0.1, 0.15) is 18.4 Å². The molecule has 2 heterocycles. The first-order valence-corrected chi connectivity index (χ1v) is 11.1. The molecule has 1 amide bonds. The second kappa shape index (κ2) is 8.04. The lowest BCUT2D eigenvalue weighted by atomic mass is 10.2. The average molecular weight is 416 g/mol. The van der Waals surface area contributed by atoms with Gasteiger partial charge in [-0.3, -0.25) is 4.79 Å². The summed E-state index contributed by atoms with van der Waals surface area (Å²) in [5.74, 6) is 1.02. The van der Waals surface area contributed by atoms with E-state index in [1.807, 2.05) is 31.2 Å². The van der Waals surface area contributed by atoms with Crippen LogP contribution in [0, 0.1) is 6.92 Å². The van der Waals surface area contributed by atoms with Gasteiger partial charge in [0.05, 0.1) is 11.4 Å². The van der Waals surface area contributed by atoms with E-state index in [2.05, 4.69) is 5.32 Å². The lowest BCUT2D eigenvalue weighted by Gasteiger charge is -2.28. The Bertz CT molecular complexity index is 990. The maximum absolute atomic E-state index is 13.0. The largest absolute Gasteiger partial charge is 0.486 e. The number of hydrogen-bond acceptors (Lipinski definition) is 5. The maximum atomic E-state index is 13.0. The number of nitrogens with zero attached hydrogens (tertiary/aromatic N) is 1. The third kappa shape index (κ3) is 4.09. The predicted octanol–water partition coefficient (Wildman–Crippen LogP) is 2.10. The van der Waals surface area contributed by atoms with Crippen molar-refractivity contribution in [1.29, 1.82) is 0 Å². The van der Waals surface area contributed by atoms with Crippen LogP contribution in [0.2, 0.25) is 0 Å². The number of carbonyl (C=O) groups excluding carboxylic acids is 1. The van der Waals surface area contributed by atoms with Gasteiger partial charge in [-0.1, -0.05) is 29.8 Å². The monoisotopic (exact) mass is 416 g/mol. The molecule has 0 aromatic heterocycles. The van der Waals surface area contributed by atoms with Crippen LogP contribution in [-0.4, -0.2) is 50.5 Å². The SMILES string of the molecule is Cc1ccc(S(=O)(=O)N2CCC[C@@H]2C(=O)NC[C@H]2COc3ccccc3O2)cc1. The zero-order valence-corrected chi connectivity index (χ0v) is 17.0. The quantitative estimate of drug-likeness (QED) is 0.807. The summed E-state index contributed by atoms with van der Waals surface area (Å²) in [5, 5.41) is 2.84. The fourth-order valence-electron chi connectivity index (χ4n) is 3.63. The average Bonchev–Trinajstić information content (AvgIpc) is 3.23. The summed E-state index contributed by atoms with van der Waals surface area (Å²) in [4.78, 5) is 13.0. The van der Waals surface area contributed by atoms with Gasteiger partial charge in [-0.2, -0.15) is 4.31 Å². The molecule has 1 saturated heterocycles. The van der Waals surface area contributed by atoms with E-state index in [9.17, 15) is 13.2 Å². The highest BCUT2D eigenvalue weighted by molar-refractivity contribution is 7.89. The molecule has 1 fully saturated rings. The van der Waals surface area contributed by atoms with Crippen molar-refractivity contribution >= 4 is 15.9 Å². The van der Waals surface area contributed by atoms with Crippen molar-refractivity contribution in [2.75, 3.05) is 19.7 Å². The van der Waals surface area contributed by atoms with E-state index in [4.69, 9.17) is 9.47 Å². The minimum absolute atomic E-state index is 0.212. The van der Waals surface area contributed by atoms with E-state index in [-0.39, 0.29) is 23.5 Å². The molecule has 0 unspecified atom stereocenters. The molecule has 2 atom stereocenters. The Morgan fingerprint density at radius 3 is 2.62 bits per heavy atom. The van der Waals surface area contributed by atoms with Gasteiger partial charge in [0, 0.05) is 6.54 Å². The Morgan fingerprint density at radius 2 is 1.86 bits per heavy atom. The van der Waals surface area contributed by atoms with Gasteiger partial charge in [-0.25, -0.2) is 8.42 Å². The maximum Gasteiger partial charge on any atom is 0.243 e. The van der Waals surface area contributed by atoms with E-state index in [0.29, 0.717) is 37.5 Å². The van der Waals surface area contributed by atoms with Crippen LogP contribution in [0.25, 0.3) is 0 Å². The highest BCUT2D eigenvalue weighted by Gasteiger charge is 2.39. The Kier molecular flexibility index (Phi) is 5.47. The number of aryl methyl sites for hydroxylation is 1. The van der Waals surface area contributed by atoms with Gasteiger partial charge in [-0.15, -0.1) is 0 Å². The molecule has 29 heavy (non-hydrogen) atoms. The Balaban J connectivity index is 1.40. The van der Waals surface area contributed by atoms with E-state index in [1.165, 1.54) is 4.31 Å². The number of nitrogens with one attached hydrogen (secondary N) is 1. The fourth-order valence-corrected chi connectivity index (χ4v) is 5.29. The molecule has 4 rings (SSSR count). The van der Waals surface area contributed by atoms with Crippen LogP contribution >= 0.6 is 0 Å². The number of carbonyl (C=O) groups is 1. The van der Waals surface area contributed by atoms with Gasteiger partial charge in [0.1, 0.15) is 18.8 Å². The molecular formula is C21H24N2O5S. The van der Waals surface area contributed by atoms with Crippen LogP contribution in [0.3, 0.4) is 0 Å². The van der Waals surface area contributed by atoms with Gasteiger partial charge in [0.15, 0.2) is 11.5 Å². The second-order valence-electron chi connectivity index (χ2n) is 7.33. The topological polar surface area (TPSA) is 84.9 Å². The molecule has 7 nitrogen and oxygen atoms in total. The molecular weight excluding hydrogens is 392 g/mol. The standard InChI is InChI=1S/C21H24N2O5S/c1-15-8-10-17(11-9-15)29(25,26)23-12-4-5-18(23)21(24)22-13-16-14-27-19-6-2-3-7-20(19)28-16/h2-3,6-11,16,18H,4-5,12-14H2,1H3,(H,22,24)/t16-,18+/m0/s1. The first-order chi connectivity index (χ1) is 13.9. The van der Waals surface area contributed by atoms with Gasteiger partial charge < -0.3 is 14.8 Å². The molecule has 2 aliphatic heterocycles. The number of fused-ring (bicyclic) bond motifs is 1. The van der Waals surface area contributed by atoms with Crippen LogP contribution in [0.15, 0.2) is 53.4 Å². The van der Waals surface area contributed by atoms with E-state index < -0.39 is 16.1 Å². The molecule has 0 radical (unpaired) electrons. The third-order valence-corrected chi connectivity index (χ3v) is 7.13. The normalized spacial score (nSPS) is 21.7. The third-order valence-electron chi connectivity index (χ3n) is 5.21. The number of hydrogen-bond donors (Lipinski definition) is 1. The van der Waals surface area contributed by atoms with Crippen molar-refractivity contribution in [1.82, 2.24) is 9.62 Å². The number of rotatable bonds is 5. The number of amides is 1. The highest BCUT2D eigenvalue weighted by Crippen LogP contribution is 2.31. The number of ether oxygens (including phenoxy) is 2. The molecule has 2 aliphatic rings. The predicted molar refractivity (Wildman–Crippen MR) is 107 cm³/mol. The van der Waals surface area contributed by atoms with Crippen molar-refractivity contribution < 1.29 is 22.7 Å². The summed E-state index contributed by atoms with van der Waals surface area (Å²) in [6, 6.07) is 13.4. The van der Waals surface area contributed by atoms with Crippen LogP contribution < -0.4 is 14.8 Å². The highest BCUT2D eigenvalue weighted by atomic mass is 32.2. The smallest absolute Gasteiger partial charge is 0.243 e. The summed E-state index contributed by atoms with van der Waals surface area (Å²) < 4.78 is 38.8. The zero-order chi connectivity index (χ0) is 20.4. The van der Waals surface area contributed by atoms with E-state index in [1.54, 1.807) is 24.3 Å². The minimum Gasteiger partial charge on any atom is -0.486 e. The van der Waals surface area contributed by atoms with E-state index in [0.717, 1.165) is 5.56 Å². The summed E-state index contributed by atoms with van der Waals surface area (Å²) in [5.41, 5.74) is 0.982. The summed E-state index contributed by atoms with van der Waals surface area (Å²) in [7, 11) is -3.72. The first kappa shape index (κ1) is 19.7. The molecule has 2 aromatic rings. The van der Waals surface area contributed by atoms with Gasteiger partial charge >= 0.3 is 0 Å². The second-order valence-corrected chi connectivity index (χ2v) is 9.22. The van der Waals surface area contributed by atoms with E-state index >= 15 is 0 Å². The lowest BCUT2D eigenvalue weighted by Crippen LogP contribution is -2.49. The van der Waals surface area contributed by atoms with Gasteiger partial charge in [0.25, 0.3) is 0 Å². The lowest BCUT2D eigenvalue weighted by molar-refractivity contribution is -0.124. The number of benzene rings is 2. The first-order valence-electron chi connectivity index (χ1n) is 9.70. The number of para-hydroxylation sites is 2. The summed E-state index contributed by atoms with van der Waals surface area (Å²) >= 11 is 0. The molecule has 0 aliphatic carbocycles. The minimum atomic E-state index is -3.72. The zero-order valence-electron chi connectivity index (χ0n) is 16.2. The van der Waals surface area contributed by atoms with Crippen molar-refractivity contribution in [2.45, 2.75) is 36.8 Å². The van der Waals surface area contributed by atoms with Crippen molar-refractivity contribution in [3.05, 3.63) is 54.1 Å². The molecule has 154 valence electrons. The molecule has 2 aromatic carbocycles. The molecule has 0 bridgehead atoms. The van der Waals surface area contributed by atoms with Crippen molar-refractivity contribution in [3.8, 4) is 11.5 Å². The van der Waals surface area contributed by atoms with Crippen LogP contribution in [0.5, 0.6) is 11.5 Å². The Morgan fingerprint density at radius 1 is 1.14 bits per heavy atom.